The number of carbonyl (C=O) groups is 3. The van der Waals surface area contributed by atoms with Gasteiger partial charge in [-0.05, 0) is 102 Å². The number of likely N-dealkylation sites (tertiary alicyclic amines) is 1. The Morgan fingerprint density at radius 2 is 1.46 bits per heavy atom. The number of aryl methyl sites for hydroxylation is 2. The first-order chi connectivity index (χ1) is 18.9. The summed E-state index contributed by atoms with van der Waals surface area (Å²) in [6.07, 6.45) is 3.94. The van der Waals surface area contributed by atoms with E-state index < -0.39 is 44.7 Å². The zero-order chi connectivity index (χ0) is 30.3. The average molecular weight is 592 g/mol. The molecule has 2 aliphatic carbocycles. The van der Waals surface area contributed by atoms with E-state index in [1.807, 2.05) is 0 Å². The summed E-state index contributed by atoms with van der Waals surface area (Å²) in [5.74, 6) is -0.111. The van der Waals surface area contributed by atoms with Crippen molar-refractivity contribution in [3.8, 4) is 0 Å². The fourth-order valence-electron chi connectivity index (χ4n) is 5.25. The Morgan fingerprint density at radius 3 is 1.98 bits per heavy atom. The molecule has 2 N–H and O–H groups in total. The molecule has 1 aromatic rings. The first-order valence-corrected chi connectivity index (χ1v) is 15.5. The van der Waals surface area contributed by atoms with Crippen molar-refractivity contribution in [2.75, 3.05) is 25.5 Å². The van der Waals surface area contributed by atoms with Crippen LogP contribution in [0.4, 0.5) is 20.1 Å². The van der Waals surface area contributed by atoms with Crippen molar-refractivity contribution >= 4 is 39.9 Å². The molecule has 13 heteroatoms. The van der Waals surface area contributed by atoms with E-state index >= 15 is 0 Å². The number of fused-ring (bicyclic) bond motifs is 2. The number of nitrogens with zero attached hydrogens (tertiary/aromatic N) is 3. The number of hydrogen-bond acceptors (Lipinski definition) is 7. The molecule has 4 rings (SSSR count). The number of urea groups is 1. The molecule has 1 fully saturated rings. The van der Waals surface area contributed by atoms with Crippen LogP contribution in [0.1, 0.15) is 76.6 Å². The van der Waals surface area contributed by atoms with Crippen molar-refractivity contribution in [3.63, 3.8) is 0 Å². The third kappa shape index (κ3) is 7.30. The number of nitrogens with one attached hydrogen (secondary N) is 2. The maximum Gasteiger partial charge on any atom is 0.437 e. The molecule has 1 aliphatic heterocycles. The lowest BCUT2D eigenvalue weighted by Gasteiger charge is -2.42. The fraction of sp³-hybridized carbons (Fsp3) is 0.643. The third-order valence-corrected chi connectivity index (χ3v) is 8.71. The van der Waals surface area contributed by atoms with Crippen LogP contribution in [0.5, 0.6) is 0 Å². The summed E-state index contributed by atoms with van der Waals surface area (Å²) in [7, 11) is -2.70. The number of anilines is 1. The highest BCUT2D eigenvalue weighted by atomic mass is 32.2. The monoisotopic (exact) mass is 591 g/mol. The number of rotatable bonds is 3. The highest BCUT2D eigenvalue weighted by Gasteiger charge is 2.42. The van der Waals surface area contributed by atoms with Crippen LogP contribution in [0.25, 0.3) is 0 Å². The Labute approximate surface area is 241 Å². The van der Waals surface area contributed by atoms with Crippen LogP contribution in [0.3, 0.4) is 0 Å². The third-order valence-electron chi connectivity index (χ3n) is 7.07. The topological polar surface area (TPSA) is 147 Å². The van der Waals surface area contributed by atoms with Crippen LogP contribution < -0.4 is 10.0 Å². The van der Waals surface area contributed by atoms with Crippen molar-refractivity contribution < 1.29 is 32.3 Å². The maximum atomic E-state index is 13.1. The normalized spacial score (nSPS) is 17.3. The minimum atomic E-state index is -4.08. The lowest BCUT2D eigenvalue weighted by Crippen LogP contribution is -2.63. The number of guanidine groups is 1. The van der Waals surface area contributed by atoms with Crippen LogP contribution in [0, 0.1) is 0 Å². The molecule has 226 valence electrons. The van der Waals surface area contributed by atoms with Crippen LogP contribution in [-0.2, 0) is 45.2 Å². The molecule has 0 bridgehead atoms. The summed E-state index contributed by atoms with van der Waals surface area (Å²) < 4.78 is 39.1. The Hall–Kier alpha value is -3.35. The molecule has 1 saturated heterocycles. The molecule has 41 heavy (non-hydrogen) atoms. The molecule has 3 aliphatic rings. The van der Waals surface area contributed by atoms with E-state index in [4.69, 9.17) is 9.47 Å². The number of ether oxygens (including phenoxy) is 2. The van der Waals surface area contributed by atoms with E-state index in [1.54, 1.807) is 41.5 Å². The molecule has 0 saturated carbocycles. The zero-order valence-electron chi connectivity index (χ0n) is 24.9. The second-order valence-electron chi connectivity index (χ2n) is 12.8. The number of benzene rings is 1. The Bertz CT molecular complexity index is 1340. The van der Waals surface area contributed by atoms with Crippen LogP contribution in [-0.4, -0.2) is 79.0 Å². The van der Waals surface area contributed by atoms with Gasteiger partial charge in [-0.1, -0.05) is 6.07 Å². The van der Waals surface area contributed by atoms with Crippen molar-refractivity contribution in [3.05, 3.63) is 28.3 Å². The molecule has 0 unspecified atom stereocenters. The maximum absolute atomic E-state index is 13.1. The van der Waals surface area contributed by atoms with Crippen molar-refractivity contribution in [1.29, 1.82) is 0 Å². The standard InChI is InChI=1S/C28H41N5O7S/c1-27(2,3)39-25(35)30-24(32(7)26(36)40-28(4,5)6)33-15-19(16-33)41(37,38)31-23(34)29-22-20-12-8-10-17(20)14-18-11-9-13-21(18)22/h14,19H,8-13,15-16H2,1-7H3,(H2,29,31,34)/b30-24+. The summed E-state index contributed by atoms with van der Waals surface area (Å²) >= 11 is 0. The first kappa shape index (κ1) is 30.6. The minimum Gasteiger partial charge on any atom is -0.443 e. The van der Waals surface area contributed by atoms with E-state index in [-0.39, 0.29) is 19.0 Å². The summed E-state index contributed by atoms with van der Waals surface area (Å²) in [6, 6.07) is 1.43. The van der Waals surface area contributed by atoms with Crippen molar-refractivity contribution in [2.24, 2.45) is 4.99 Å². The lowest BCUT2D eigenvalue weighted by molar-refractivity contribution is 0.0374. The van der Waals surface area contributed by atoms with Gasteiger partial charge < -0.3 is 19.7 Å². The first-order valence-electron chi connectivity index (χ1n) is 14.0. The molecule has 4 amide bonds. The Morgan fingerprint density at radius 1 is 0.927 bits per heavy atom. The summed E-state index contributed by atoms with van der Waals surface area (Å²) in [5, 5.41) is 1.87. The summed E-state index contributed by atoms with van der Waals surface area (Å²) in [5.41, 5.74) is 3.77. The van der Waals surface area contributed by atoms with E-state index in [0.717, 1.165) is 60.2 Å². The van der Waals surface area contributed by atoms with Crippen LogP contribution >= 0.6 is 0 Å². The number of aliphatic imine (C=N–C) groups is 1. The van der Waals surface area contributed by atoms with Gasteiger partial charge in [0, 0.05) is 25.8 Å². The van der Waals surface area contributed by atoms with E-state index in [9.17, 15) is 22.8 Å². The van der Waals surface area contributed by atoms with Gasteiger partial charge in [-0.2, -0.15) is 0 Å². The minimum absolute atomic E-state index is 0.104. The molecular weight excluding hydrogens is 550 g/mol. The average Bonchev–Trinajstić information content (AvgIpc) is 3.43. The number of amides is 4. The Balaban J connectivity index is 1.45. The Kier molecular flexibility index (Phi) is 8.32. The van der Waals surface area contributed by atoms with Gasteiger partial charge in [-0.25, -0.2) is 27.5 Å². The van der Waals surface area contributed by atoms with E-state index in [1.165, 1.54) is 23.1 Å². The largest absolute Gasteiger partial charge is 0.443 e. The quantitative estimate of drug-likeness (QED) is 0.397. The van der Waals surface area contributed by atoms with Crippen LogP contribution in [0.15, 0.2) is 11.1 Å². The van der Waals surface area contributed by atoms with Gasteiger partial charge in [0.25, 0.3) is 0 Å². The van der Waals surface area contributed by atoms with Gasteiger partial charge in [0.05, 0.1) is 0 Å². The second-order valence-corrected chi connectivity index (χ2v) is 14.8. The van der Waals surface area contributed by atoms with Crippen molar-refractivity contribution in [1.82, 2.24) is 14.5 Å². The molecule has 12 nitrogen and oxygen atoms in total. The summed E-state index contributed by atoms with van der Waals surface area (Å²) in [6.45, 7) is 9.93. The van der Waals surface area contributed by atoms with E-state index in [0.29, 0.717) is 0 Å². The molecule has 0 atom stereocenters. The van der Waals surface area contributed by atoms with Gasteiger partial charge in [0.15, 0.2) is 0 Å². The highest BCUT2D eigenvalue weighted by Crippen LogP contribution is 2.38. The molecule has 1 aromatic carbocycles. The summed E-state index contributed by atoms with van der Waals surface area (Å²) in [4.78, 5) is 44.6. The number of carbonyl (C=O) groups excluding carboxylic acids is 3. The van der Waals surface area contributed by atoms with Gasteiger partial charge >= 0.3 is 18.2 Å². The van der Waals surface area contributed by atoms with E-state index in [2.05, 4.69) is 21.1 Å². The zero-order valence-corrected chi connectivity index (χ0v) is 25.7. The predicted molar refractivity (Wildman–Crippen MR) is 155 cm³/mol. The smallest absolute Gasteiger partial charge is 0.437 e. The molecule has 0 spiro atoms. The highest BCUT2D eigenvalue weighted by molar-refractivity contribution is 7.90. The SMILES string of the molecule is CN(C(=O)OC(C)(C)C)/C(=N\C(=O)OC(C)(C)C)N1CC(S(=O)(=O)NC(=O)Nc2c3c(cc4c2CCC4)CCC3)C1. The molecule has 1 heterocycles. The van der Waals surface area contributed by atoms with Crippen LogP contribution in [0.2, 0.25) is 0 Å². The van der Waals surface area contributed by atoms with Gasteiger partial charge in [-0.15, -0.1) is 4.99 Å². The van der Waals surface area contributed by atoms with Gasteiger partial charge in [0.1, 0.15) is 16.5 Å². The fourth-order valence-corrected chi connectivity index (χ4v) is 6.48. The van der Waals surface area contributed by atoms with Crippen molar-refractivity contribution in [2.45, 2.75) is 96.5 Å². The predicted octanol–water partition coefficient (Wildman–Crippen LogP) is 3.96. The van der Waals surface area contributed by atoms with Gasteiger partial charge in [0.2, 0.25) is 16.0 Å². The lowest BCUT2D eigenvalue weighted by atomic mass is 9.99. The molecule has 0 aromatic heterocycles. The molecule has 0 radical (unpaired) electrons. The number of sulfonamides is 1. The second kappa shape index (κ2) is 11.1. The van der Waals surface area contributed by atoms with Gasteiger partial charge in [-0.3, -0.25) is 4.90 Å². The molecular formula is C28H41N5O7S. The number of hydrogen-bond donors (Lipinski definition) is 2.